The average molecular weight is 252 g/mol. The van der Waals surface area contributed by atoms with Crippen molar-refractivity contribution in [3.63, 3.8) is 0 Å². The maximum absolute atomic E-state index is 13.0. The van der Waals surface area contributed by atoms with E-state index in [0.29, 0.717) is 18.5 Å². The molecule has 2 nitrogen and oxygen atoms in total. The van der Waals surface area contributed by atoms with Crippen LogP contribution in [0.25, 0.3) is 0 Å². The van der Waals surface area contributed by atoms with Crippen molar-refractivity contribution in [2.45, 2.75) is 39.7 Å². The van der Waals surface area contributed by atoms with Crippen molar-refractivity contribution in [2.75, 3.05) is 18.0 Å². The van der Waals surface area contributed by atoms with Crippen LogP contribution in [0.2, 0.25) is 0 Å². The van der Waals surface area contributed by atoms with Crippen molar-refractivity contribution in [2.24, 2.45) is 11.7 Å². The van der Waals surface area contributed by atoms with E-state index in [1.54, 1.807) is 0 Å². The van der Waals surface area contributed by atoms with E-state index in [1.807, 2.05) is 12.1 Å². The highest BCUT2D eigenvalue weighted by Gasteiger charge is 2.23. The Labute approximate surface area is 110 Å². The molecule has 0 heterocycles. The second kappa shape index (κ2) is 7.37. The van der Waals surface area contributed by atoms with Crippen molar-refractivity contribution in [3.8, 4) is 0 Å². The summed E-state index contributed by atoms with van der Waals surface area (Å²) in [7, 11) is 0. The van der Waals surface area contributed by atoms with Gasteiger partial charge in [-0.1, -0.05) is 26.7 Å². The predicted molar refractivity (Wildman–Crippen MR) is 76.3 cm³/mol. The highest BCUT2D eigenvalue weighted by Crippen LogP contribution is 2.24. The Hall–Kier alpha value is -1.09. The molecular weight excluding hydrogens is 227 g/mol. The number of likely N-dealkylation sites (N-methyl/N-ethyl adjacent to an activating group) is 1. The largest absolute Gasteiger partial charge is 0.367 e. The summed E-state index contributed by atoms with van der Waals surface area (Å²) in [5.41, 5.74) is 7.01. The molecule has 102 valence electrons. The van der Waals surface area contributed by atoms with Crippen LogP contribution in [0.3, 0.4) is 0 Å². The van der Waals surface area contributed by atoms with Crippen LogP contribution in [0.15, 0.2) is 24.3 Å². The Morgan fingerprint density at radius 2 is 1.67 bits per heavy atom. The maximum atomic E-state index is 13.0. The van der Waals surface area contributed by atoms with Crippen LogP contribution < -0.4 is 10.6 Å². The lowest BCUT2D eigenvalue weighted by Crippen LogP contribution is -2.45. The molecule has 0 aliphatic heterocycles. The molecule has 1 aromatic carbocycles. The van der Waals surface area contributed by atoms with Crippen LogP contribution in [0.5, 0.6) is 0 Å². The van der Waals surface area contributed by atoms with Crippen LogP contribution >= 0.6 is 0 Å². The molecule has 0 bridgehead atoms. The molecule has 0 radical (unpaired) electrons. The van der Waals surface area contributed by atoms with Crippen LogP contribution in [-0.2, 0) is 0 Å². The lowest BCUT2D eigenvalue weighted by atomic mass is 9.92. The Kier molecular flexibility index (Phi) is 6.13. The highest BCUT2D eigenvalue weighted by molar-refractivity contribution is 5.47. The van der Waals surface area contributed by atoms with Gasteiger partial charge in [0.2, 0.25) is 0 Å². The summed E-state index contributed by atoms with van der Waals surface area (Å²) in [4.78, 5) is 2.29. The summed E-state index contributed by atoms with van der Waals surface area (Å²) in [6.45, 7) is 8.06. The van der Waals surface area contributed by atoms with E-state index >= 15 is 0 Å². The zero-order valence-electron chi connectivity index (χ0n) is 11.7. The van der Waals surface area contributed by atoms with Crippen molar-refractivity contribution in [1.29, 1.82) is 0 Å². The molecule has 1 rings (SSSR count). The van der Waals surface area contributed by atoms with E-state index in [1.165, 1.54) is 12.1 Å². The van der Waals surface area contributed by atoms with E-state index in [4.69, 9.17) is 5.73 Å². The highest BCUT2D eigenvalue weighted by atomic mass is 19.1. The fourth-order valence-electron chi connectivity index (χ4n) is 2.65. The van der Waals surface area contributed by atoms with Gasteiger partial charge in [0.1, 0.15) is 5.82 Å². The molecule has 2 N–H and O–H groups in total. The monoisotopic (exact) mass is 252 g/mol. The minimum absolute atomic E-state index is 0.193. The lowest BCUT2D eigenvalue weighted by molar-refractivity contribution is 0.380. The fraction of sp³-hybridized carbons (Fsp3) is 0.600. The molecule has 0 saturated heterocycles. The molecule has 0 aromatic heterocycles. The molecular formula is C15H25FN2. The Morgan fingerprint density at radius 3 is 2.06 bits per heavy atom. The number of nitrogens with two attached hydrogens (primary N) is 1. The van der Waals surface area contributed by atoms with Gasteiger partial charge in [0.15, 0.2) is 0 Å². The van der Waals surface area contributed by atoms with Gasteiger partial charge in [-0.05, 0) is 37.1 Å². The third kappa shape index (κ3) is 3.45. The second-order valence-corrected chi connectivity index (χ2v) is 4.64. The second-order valence-electron chi connectivity index (χ2n) is 4.64. The van der Waals surface area contributed by atoms with Gasteiger partial charge in [0.25, 0.3) is 0 Å². The van der Waals surface area contributed by atoms with E-state index < -0.39 is 0 Å². The SMILES string of the molecule is CCC(CC)C(CN)N(CC)c1ccc(F)cc1. The zero-order chi connectivity index (χ0) is 13.5. The van der Waals surface area contributed by atoms with Gasteiger partial charge in [0.05, 0.1) is 0 Å². The molecule has 1 aromatic rings. The van der Waals surface area contributed by atoms with Crippen molar-refractivity contribution >= 4 is 5.69 Å². The molecule has 0 spiro atoms. The molecule has 0 fully saturated rings. The number of rotatable bonds is 7. The minimum Gasteiger partial charge on any atom is -0.367 e. The zero-order valence-corrected chi connectivity index (χ0v) is 11.7. The van der Waals surface area contributed by atoms with E-state index in [9.17, 15) is 4.39 Å². The first-order valence-corrected chi connectivity index (χ1v) is 6.90. The van der Waals surface area contributed by atoms with E-state index in [2.05, 4.69) is 25.7 Å². The molecule has 0 amide bonds. The van der Waals surface area contributed by atoms with Gasteiger partial charge >= 0.3 is 0 Å². The maximum Gasteiger partial charge on any atom is 0.123 e. The van der Waals surface area contributed by atoms with Gasteiger partial charge in [-0.3, -0.25) is 0 Å². The van der Waals surface area contributed by atoms with Gasteiger partial charge in [-0.2, -0.15) is 0 Å². The summed E-state index contributed by atoms with van der Waals surface area (Å²) in [6.07, 6.45) is 2.24. The fourth-order valence-corrected chi connectivity index (χ4v) is 2.65. The molecule has 0 saturated carbocycles. The topological polar surface area (TPSA) is 29.3 Å². The van der Waals surface area contributed by atoms with Gasteiger partial charge in [0, 0.05) is 24.8 Å². The Bertz CT molecular complexity index is 333. The van der Waals surface area contributed by atoms with Crippen LogP contribution in [0.4, 0.5) is 10.1 Å². The quantitative estimate of drug-likeness (QED) is 0.805. The van der Waals surface area contributed by atoms with Crippen molar-refractivity contribution in [3.05, 3.63) is 30.1 Å². The number of halogens is 1. The van der Waals surface area contributed by atoms with Crippen LogP contribution in [0, 0.1) is 11.7 Å². The molecule has 1 unspecified atom stereocenters. The first-order chi connectivity index (χ1) is 8.67. The number of nitrogens with zero attached hydrogens (tertiary/aromatic N) is 1. The third-order valence-electron chi connectivity index (χ3n) is 3.73. The standard InChI is InChI=1S/C15H25FN2/c1-4-12(5-2)15(11-17)18(6-3)14-9-7-13(16)8-10-14/h7-10,12,15H,4-6,11,17H2,1-3H3. The molecule has 0 aliphatic rings. The first kappa shape index (κ1) is 15.0. The Balaban J connectivity index is 2.95. The van der Waals surface area contributed by atoms with Crippen molar-refractivity contribution < 1.29 is 4.39 Å². The van der Waals surface area contributed by atoms with Gasteiger partial charge in [-0.25, -0.2) is 4.39 Å². The van der Waals surface area contributed by atoms with Gasteiger partial charge < -0.3 is 10.6 Å². The van der Waals surface area contributed by atoms with Crippen molar-refractivity contribution in [1.82, 2.24) is 0 Å². The summed E-state index contributed by atoms with van der Waals surface area (Å²) >= 11 is 0. The normalized spacial score (nSPS) is 12.8. The number of anilines is 1. The summed E-state index contributed by atoms with van der Waals surface area (Å²) < 4.78 is 13.0. The summed E-state index contributed by atoms with van der Waals surface area (Å²) in [5, 5.41) is 0. The smallest absolute Gasteiger partial charge is 0.123 e. The average Bonchev–Trinajstić information content (AvgIpc) is 2.40. The van der Waals surface area contributed by atoms with Gasteiger partial charge in [-0.15, -0.1) is 0 Å². The summed E-state index contributed by atoms with van der Waals surface area (Å²) in [5.74, 6) is 0.390. The number of benzene rings is 1. The minimum atomic E-state index is -0.193. The van der Waals surface area contributed by atoms with E-state index in [0.717, 1.165) is 25.1 Å². The van der Waals surface area contributed by atoms with Crippen LogP contribution in [0.1, 0.15) is 33.6 Å². The molecule has 18 heavy (non-hydrogen) atoms. The first-order valence-electron chi connectivity index (χ1n) is 6.90. The molecule has 1 atom stereocenters. The van der Waals surface area contributed by atoms with Crippen LogP contribution in [-0.4, -0.2) is 19.1 Å². The third-order valence-corrected chi connectivity index (χ3v) is 3.73. The Morgan fingerprint density at radius 1 is 1.11 bits per heavy atom. The number of hydrogen-bond donors (Lipinski definition) is 1. The molecule has 3 heteroatoms. The van der Waals surface area contributed by atoms with E-state index in [-0.39, 0.29) is 5.82 Å². The lowest BCUT2D eigenvalue weighted by Gasteiger charge is -2.37. The summed E-state index contributed by atoms with van der Waals surface area (Å²) in [6, 6.07) is 7.03. The number of hydrogen-bond acceptors (Lipinski definition) is 2. The molecule has 0 aliphatic carbocycles. The predicted octanol–water partition coefficient (Wildman–Crippen LogP) is 3.42.